The lowest BCUT2D eigenvalue weighted by Crippen LogP contribution is -2.11. The molecule has 1 heteroatoms. The topological polar surface area (TPSA) is 12.9 Å². The molecule has 14 heavy (non-hydrogen) atoms. The summed E-state index contributed by atoms with van der Waals surface area (Å²) in [6.45, 7) is 13.2. The third kappa shape index (κ3) is 2.83. The normalized spacial score (nSPS) is 11.9. The molecule has 1 nitrogen and oxygen atoms in total. The Labute approximate surface area is 87.6 Å². The van der Waals surface area contributed by atoms with Gasteiger partial charge in [0.05, 0.1) is 0 Å². The van der Waals surface area contributed by atoms with E-state index >= 15 is 0 Å². The molecule has 0 N–H and O–H groups in total. The summed E-state index contributed by atoms with van der Waals surface area (Å²) >= 11 is 0. The third-order valence-corrected chi connectivity index (χ3v) is 2.47. The second-order valence-corrected chi connectivity index (χ2v) is 5.37. The first-order chi connectivity index (χ1) is 6.29. The van der Waals surface area contributed by atoms with Crippen molar-refractivity contribution in [3.63, 3.8) is 0 Å². The van der Waals surface area contributed by atoms with Gasteiger partial charge in [0.25, 0.3) is 0 Å². The largest absolute Gasteiger partial charge is 0.258 e. The fourth-order valence-electron chi connectivity index (χ4n) is 1.73. The molecule has 1 rings (SSSR count). The summed E-state index contributed by atoms with van der Waals surface area (Å²) in [5.74, 6) is 0. The Hall–Kier alpha value is -0.850. The molecule has 0 radical (unpaired) electrons. The van der Waals surface area contributed by atoms with Crippen LogP contribution in [0.5, 0.6) is 0 Å². The lowest BCUT2D eigenvalue weighted by atomic mass is 9.86. The Morgan fingerprint density at radius 2 is 1.71 bits per heavy atom. The maximum Gasteiger partial charge on any atom is 0.0407 e. The van der Waals surface area contributed by atoms with Crippen LogP contribution in [0.15, 0.2) is 6.07 Å². The van der Waals surface area contributed by atoms with Gasteiger partial charge in [-0.15, -0.1) is 0 Å². The highest BCUT2D eigenvalue weighted by molar-refractivity contribution is 5.31. The second-order valence-electron chi connectivity index (χ2n) is 5.37. The van der Waals surface area contributed by atoms with Gasteiger partial charge in [-0.2, -0.15) is 0 Å². The molecule has 1 aromatic heterocycles. The van der Waals surface area contributed by atoms with Crippen LogP contribution in [-0.4, -0.2) is 4.98 Å². The van der Waals surface area contributed by atoms with Crippen molar-refractivity contribution < 1.29 is 0 Å². The number of nitrogens with zero attached hydrogens (tertiary/aromatic N) is 1. The van der Waals surface area contributed by atoms with Crippen molar-refractivity contribution in [2.75, 3.05) is 0 Å². The number of aryl methyl sites for hydroxylation is 2. The average molecular weight is 191 g/mol. The molecule has 0 aliphatic rings. The number of aromatic nitrogens is 1. The molecular weight excluding hydrogens is 170 g/mol. The third-order valence-electron chi connectivity index (χ3n) is 2.47. The van der Waals surface area contributed by atoms with E-state index < -0.39 is 0 Å². The first kappa shape index (κ1) is 11.2. The van der Waals surface area contributed by atoms with E-state index in [0.29, 0.717) is 5.41 Å². The van der Waals surface area contributed by atoms with Gasteiger partial charge < -0.3 is 0 Å². The summed E-state index contributed by atoms with van der Waals surface area (Å²) in [4.78, 5) is 4.46. The highest BCUT2D eigenvalue weighted by atomic mass is 14.7. The van der Waals surface area contributed by atoms with Crippen molar-refractivity contribution in [3.05, 3.63) is 28.6 Å². The van der Waals surface area contributed by atoms with Crippen molar-refractivity contribution in [1.29, 1.82) is 0 Å². The highest BCUT2D eigenvalue weighted by Crippen LogP contribution is 2.24. The zero-order valence-corrected chi connectivity index (χ0v) is 10.2. The molecule has 0 atom stereocenters. The van der Waals surface area contributed by atoms with Crippen LogP contribution in [0, 0.1) is 26.2 Å². The smallest absolute Gasteiger partial charge is 0.0407 e. The lowest BCUT2D eigenvalue weighted by molar-refractivity contribution is 0.410. The fraction of sp³-hybridized carbons (Fsp3) is 0.615. The fourth-order valence-corrected chi connectivity index (χ4v) is 1.73. The molecule has 1 heterocycles. The van der Waals surface area contributed by atoms with Gasteiger partial charge in [0.2, 0.25) is 0 Å². The van der Waals surface area contributed by atoms with E-state index in [9.17, 15) is 0 Å². The van der Waals surface area contributed by atoms with Crippen LogP contribution in [-0.2, 0) is 6.42 Å². The molecule has 0 spiro atoms. The van der Waals surface area contributed by atoms with E-state index in [0.717, 1.165) is 12.1 Å². The molecule has 0 saturated carbocycles. The maximum atomic E-state index is 4.46. The number of hydrogen-bond donors (Lipinski definition) is 0. The summed E-state index contributed by atoms with van der Waals surface area (Å²) in [6.07, 6.45) is 1.13. The number of pyridine rings is 1. The van der Waals surface area contributed by atoms with E-state index in [-0.39, 0.29) is 0 Å². The molecule has 1 aromatic rings. The van der Waals surface area contributed by atoms with E-state index in [1.807, 2.05) is 0 Å². The molecule has 0 amide bonds. The number of hydrogen-bond acceptors (Lipinski definition) is 1. The summed E-state index contributed by atoms with van der Waals surface area (Å²) in [6, 6.07) is 2.22. The van der Waals surface area contributed by atoms with Gasteiger partial charge in [0.15, 0.2) is 0 Å². The maximum absolute atomic E-state index is 4.46. The molecule has 0 saturated heterocycles. The average Bonchev–Trinajstić information content (AvgIpc) is 1.96. The Morgan fingerprint density at radius 1 is 1.14 bits per heavy atom. The van der Waals surface area contributed by atoms with Crippen LogP contribution < -0.4 is 0 Å². The van der Waals surface area contributed by atoms with Gasteiger partial charge in [-0.1, -0.05) is 20.8 Å². The molecule has 0 aliphatic carbocycles. The zero-order valence-electron chi connectivity index (χ0n) is 10.2. The van der Waals surface area contributed by atoms with Gasteiger partial charge in [0.1, 0.15) is 0 Å². The zero-order chi connectivity index (χ0) is 10.9. The standard InChI is InChI=1S/C13H21N/c1-9-7-12(8-13(4,5)6)10(2)11(3)14-9/h7H,8H2,1-6H3. The van der Waals surface area contributed by atoms with Crippen LogP contribution in [0.2, 0.25) is 0 Å². The summed E-state index contributed by atoms with van der Waals surface area (Å²) < 4.78 is 0. The Bertz CT molecular complexity index is 332. The summed E-state index contributed by atoms with van der Waals surface area (Å²) in [7, 11) is 0. The predicted molar refractivity (Wildman–Crippen MR) is 61.6 cm³/mol. The lowest BCUT2D eigenvalue weighted by Gasteiger charge is -2.20. The Kier molecular flexibility index (Phi) is 2.98. The summed E-state index contributed by atoms with van der Waals surface area (Å²) in [5.41, 5.74) is 5.45. The second kappa shape index (κ2) is 3.72. The van der Waals surface area contributed by atoms with Crippen LogP contribution >= 0.6 is 0 Å². The van der Waals surface area contributed by atoms with E-state index in [1.165, 1.54) is 16.8 Å². The van der Waals surface area contributed by atoms with Gasteiger partial charge >= 0.3 is 0 Å². The van der Waals surface area contributed by atoms with Gasteiger partial charge in [-0.25, -0.2) is 0 Å². The minimum Gasteiger partial charge on any atom is -0.258 e. The molecule has 78 valence electrons. The predicted octanol–water partition coefficient (Wildman–Crippen LogP) is 3.60. The minimum atomic E-state index is 0.352. The number of rotatable bonds is 1. The van der Waals surface area contributed by atoms with E-state index in [1.54, 1.807) is 0 Å². The van der Waals surface area contributed by atoms with Gasteiger partial charge in [-0.05, 0) is 49.8 Å². The minimum absolute atomic E-state index is 0.352. The Morgan fingerprint density at radius 3 is 2.21 bits per heavy atom. The molecule has 0 fully saturated rings. The van der Waals surface area contributed by atoms with Crippen molar-refractivity contribution in [1.82, 2.24) is 4.98 Å². The monoisotopic (exact) mass is 191 g/mol. The van der Waals surface area contributed by atoms with Crippen molar-refractivity contribution in [3.8, 4) is 0 Å². The van der Waals surface area contributed by atoms with E-state index in [4.69, 9.17) is 0 Å². The van der Waals surface area contributed by atoms with Crippen molar-refractivity contribution in [2.24, 2.45) is 5.41 Å². The van der Waals surface area contributed by atoms with Gasteiger partial charge in [0, 0.05) is 11.4 Å². The van der Waals surface area contributed by atoms with Crippen molar-refractivity contribution in [2.45, 2.75) is 48.0 Å². The van der Waals surface area contributed by atoms with Crippen LogP contribution in [0.25, 0.3) is 0 Å². The van der Waals surface area contributed by atoms with Crippen LogP contribution in [0.4, 0.5) is 0 Å². The first-order valence-electron chi connectivity index (χ1n) is 5.23. The first-order valence-corrected chi connectivity index (χ1v) is 5.23. The quantitative estimate of drug-likeness (QED) is 0.661. The molecule has 0 unspecified atom stereocenters. The van der Waals surface area contributed by atoms with Crippen LogP contribution in [0.3, 0.4) is 0 Å². The molecular formula is C13H21N. The molecule has 0 bridgehead atoms. The molecule has 0 aliphatic heterocycles. The highest BCUT2D eigenvalue weighted by Gasteiger charge is 2.14. The van der Waals surface area contributed by atoms with Crippen molar-refractivity contribution >= 4 is 0 Å². The Balaban J connectivity index is 3.09. The van der Waals surface area contributed by atoms with E-state index in [2.05, 4.69) is 52.6 Å². The SMILES string of the molecule is Cc1cc(CC(C)(C)C)c(C)c(C)n1. The van der Waals surface area contributed by atoms with Gasteiger partial charge in [-0.3, -0.25) is 4.98 Å². The van der Waals surface area contributed by atoms with Crippen LogP contribution in [0.1, 0.15) is 43.3 Å². The molecule has 0 aromatic carbocycles. The summed E-state index contributed by atoms with van der Waals surface area (Å²) in [5, 5.41) is 0.